The van der Waals surface area contributed by atoms with E-state index in [9.17, 15) is 19.2 Å². The van der Waals surface area contributed by atoms with Crippen LogP contribution >= 0.6 is 0 Å². The van der Waals surface area contributed by atoms with Crippen molar-refractivity contribution in [3.05, 3.63) is 129 Å². The van der Waals surface area contributed by atoms with Gasteiger partial charge < -0.3 is 28.7 Å². The van der Waals surface area contributed by atoms with Gasteiger partial charge in [0.15, 0.2) is 46.9 Å². The number of ether oxygens (including phenoxy) is 4. The van der Waals surface area contributed by atoms with Crippen LogP contribution in [0.4, 0.5) is 11.4 Å². The lowest BCUT2D eigenvalue weighted by atomic mass is 9.72. The number of nitrogens with zero attached hydrogens (tertiary/aromatic N) is 4. The van der Waals surface area contributed by atoms with Crippen molar-refractivity contribution >= 4 is 45.7 Å². The zero-order chi connectivity index (χ0) is 43.6. The summed E-state index contributed by atoms with van der Waals surface area (Å²) in [5.41, 5.74) is 3.90. The first-order valence-corrected chi connectivity index (χ1v) is 21.6. The molecular formula is C50H58N4O8+2. The third-order valence-electron chi connectivity index (χ3n) is 12.0. The molecule has 0 amide bonds. The van der Waals surface area contributed by atoms with Gasteiger partial charge in [-0.1, -0.05) is 24.3 Å². The van der Waals surface area contributed by atoms with E-state index in [0.29, 0.717) is 101 Å². The highest BCUT2D eigenvalue weighted by Gasteiger charge is 2.46. The Balaban J connectivity index is 0.966. The van der Waals surface area contributed by atoms with Crippen molar-refractivity contribution in [1.29, 1.82) is 0 Å². The van der Waals surface area contributed by atoms with E-state index in [4.69, 9.17) is 18.9 Å². The molecule has 0 N–H and O–H groups in total. The zero-order valence-corrected chi connectivity index (χ0v) is 36.3. The predicted molar refractivity (Wildman–Crippen MR) is 240 cm³/mol. The topological polar surface area (TPSA) is 118 Å². The fraction of sp³-hybridized carbons (Fsp3) is 0.400. The zero-order valence-electron chi connectivity index (χ0n) is 36.3. The van der Waals surface area contributed by atoms with Crippen LogP contribution in [0.15, 0.2) is 97.1 Å². The quantitative estimate of drug-likeness (QED) is 0.191. The molecular weight excluding hydrogens is 785 g/mol. The highest BCUT2D eigenvalue weighted by atomic mass is 16.5. The highest BCUT2D eigenvalue weighted by Crippen LogP contribution is 2.36. The van der Waals surface area contributed by atoms with Crippen LogP contribution in [-0.4, -0.2) is 130 Å². The van der Waals surface area contributed by atoms with Gasteiger partial charge in [0, 0.05) is 89.3 Å². The van der Waals surface area contributed by atoms with E-state index >= 15 is 0 Å². The molecule has 12 nitrogen and oxygen atoms in total. The lowest BCUT2D eigenvalue weighted by Crippen LogP contribution is -2.42. The molecule has 0 spiro atoms. The Kier molecular flexibility index (Phi) is 15.0. The normalized spacial score (nSPS) is 21.0. The number of carbonyl (C=O) groups excluding carboxylic acids is 4. The van der Waals surface area contributed by atoms with Crippen molar-refractivity contribution in [3.8, 4) is 0 Å². The number of likely N-dealkylation sites (N-methyl/N-ethyl adjacent to an activating group) is 4. The second-order valence-corrected chi connectivity index (χ2v) is 16.2. The van der Waals surface area contributed by atoms with Gasteiger partial charge in [0.1, 0.15) is 39.1 Å². The predicted octanol–water partition coefficient (Wildman–Crippen LogP) is 1.53. The Morgan fingerprint density at radius 1 is 0.435 bits per heavy atom. The first-order valence-electron chi connectivity index (χ1n) is 21.6. The summed E-state index contributed by atoms with van der Waals surface area (Å²) < 4.78 is 27.6. The van der Waals surface area contributed by atoms with Crippen LogP contribution in [0.1, 0.15) is 35.8 Å². The van der Waals surface area contributed by atoms with Gasteiger partial charge in [0.2, 0.25) is 0 Å². The number of ketones is 4. The first kappa shape index (κ1) is 44.4. The standard InChI is InChI=1S/C50H58N4O8/c1-51-23-31-59-27-5-28-60-32-24-52(2)41-19-11-37(12-20-41)45-49(57)46(50(45)58)38-13-21-42(22-14-38)54(4)26-34-62-30-6-29-61-33-25-53(3)40-17-9-36(10-18-40)44-47(55)43(48(44)56)35-7-15-39(51)16-8-35/h7-22,43,46H,5-6,23-34H2,1-4H3/q+2. The number of anilines is 2. The molecule has 0 unspecified atom stereocenters. The van der Waals surface area contributed by atoms with Crippen molar-refractivity contribution in [2.24, 2.45) is 0 Å². The van der Waals surface area contributed by atoms with E-state index in [-0.39, 0.29) is 34.3 Å². The van der Waals surface area contributed by atoms with E-state index in [2.05, 4.69) is 19.0 Å². The van der Waals surface area contributed by atoms with Gasteiger partial charge in [0.05, 0.1) is 24.4 Å². The van der Waals surface area contributed by atoms with Crippen LogP contribution in [0.25, 0.3) is 11.1 Å². The Bertz CT molecular complexity index is 2280. The molecule has 12 aliphatic rings. The van der Waals surface area contributed by atoms with Crippen LogP contribution in [0.3, 0.4) is 0 Å². The van der Waals surface area contributed by atoms with E-state index in [0.717, 1.165) is 34.9 Å². The number of hydrogen-bond donors (Lipinski definition) is 0. The largest absolute Gasteiger partial charge is 0.380 e. The highest BCUT2D eigenvalue weighted by molar-refractivity contribution is 6.59. The summed E-state index contributed by atoms with van der Waals surface area (Å²) in [6.45, 7) is 7.26. The summed E-state index contributed by atoms with van der Waals surface area (Å²) in [4.78, 5) is 57.2. The molecule has 2 fully saturated rings. The summed E-state index contributed by atoms with van der Waals surface area (Å²) in [7, 11) is 7.95. The molecule has 12 bridgehead atoms. The number of hydrogen-bond acceptors (Lipinski definition) is 10. The molecule has 16 rings (SSSR count). The minimum atomic E-state index is -0.764. The van der Waals surface area contributed by atoms with Gasteiger partial charge in [-0.2, -0.15) is 0 Å². The lowest BCUT2D eigenvalue weighted by molar-refractivity contribution is -0.131. The fourth-order valence-electron chi connectivity index (χ4n) is 7.94. The molecule has 0 aromatic heterocycles. The van der Waals surface area contributed by atoms with Crippen LogP contribution < -0.4 is 40.1 Å². The number of rotatable bonds is 0. The van der Waals surface area contributed by atoms with E-state index in [1.807, 2.05) is 125 Å². The van der Waals surface area contributed by atoms with Crippen molar-refractivity contribution in [2.45, 2.75) is 24.7 Å². The minimum Gasteiger partial charge on any atom is -0.380 e. The van der Waals surface area contributed by atoms with Gasteiger partial charge in [-0.25, -0.2) is 9.15 Å². The van der Waals surface area contributed by atoms with Crippen LogP contribution in [-0.2, 0) is 38.1 Å². The smallest absolute Gasteiger partial charge is 0.199 e. The van der Waals surface area contributed by atoms with Crippen molar-refractivity contribution < 1.29 is 38.1 Å². The molecule has 10 aliphatic heterocycles. The van der Waals surface area contributed by atoms with Gasteiger partial charge in [0.25, 0.3) is 0 Å². The van der Waals surface area contributed by atoms with E-state index in [1.54, 1.807) is 0 Å². The maximum absolute atomic E-state index is 13.3. The summed E-state index contributed by atoms with van der Waals surface area (Å²) in [5.74, 6) is -2.10. The third-order valence-corrected chi connectivity index (χ3v) is 12.0. The van der Waals surface area contributed by atoms with Crippen LogP contribution in [0.2, 0.25) is 0 Å². The second kappa shape index (κ2) is 20.9. The molecule has 10 heterocycles. The van der Waals surface area contributed by atoms with Gasteiger partial charge in [-0.15, -0.1) is 0 Å². The number of benzene rings is 4. The Morgan fingerprint density at radius 2 is 0.758 bits per heavy atom. The average Bonchev–Trinajstić information content (AvgIpc) is 3.28. The maximum atomic E-state index is 13.3. The molecule has 62 heavy (non-hydrogen) atoms. The third kappa shape index (κ3) is 10.3. The molecule has 0 saturated heterocycles. The molecule has 4 aromatic rings. The summed E-state index contributed by atoms with van der Waals surface area (Å²) in [6, 6.07) is 30.3. The number of carbonyl (C=O) groups is 4. The Morgan fingerprint density at radius 3 is 1.10 bits per heavy atom. The maximum Gasteiger partial charge on any atom is 0.199 e. The molecule has 0 radical (unpaired) electrons. The molecule has 0 atom stereocenters. The van der Waals surface area contributed by atoms with Crippen molar-refractivity contribution in [2.75, 3.05) is 117 Å². The lowest BCUT2D eigenvalue weighted by Gasteiger charge is -2.27. The van der Waals surface area contributed by atoms with Crippen molar-refractivity contribution in [1.82, 2.24) is 9.15 Å². The van der Waals surface area contributed by atoms with Crippen LogP contribution in [0, 0.1) is 0 Å². The molecule has 4 aromatic carbocycles. The molecule has 324 valence electrons. The molecule has 12 heteroatoms. The van der Waals surface area contributed by atoms with Gasteiger partial charge in [-0.3, -0.25) is 19.2 Å². The molecule has 2 aliphatic carbocycles. The summed E-state index contributed by atoms with van der Waals surface area (Å²) >= 11 is 0. The summed E-state index contributed by atoms with van der Waals surface area (Å²) in [6.07, 6.45) is 1.54. The Labute approximate surface area is 363 Å². The van der Waals surface area contributed by atoms with Gasteiger partial charge >= 0.3 is 0 Å². The van der Waals surface area contributed by atoms with Gasteiger partial charge in [-0.05, 0) is 82.9 Å². The molecule has 2 saturated carbocycles. The average molecular weight is 843 g/mol. The van der Waals surface area contributed by atoms with E-state index in [1.165, 1.54) is 0 Å². The SMILES string of the molecule is CN1CCOCCCOCC[N+](C)=c2ccc(cc2)=C2C(=O)C(C2=O)c2ccc(cc2)N(C)CCOCCCOCC[N+](C)=c2ccc(cc2)=C2C(=O)C(C2=O)c2ccc1cc2. The minimum absolute atomic E-state index is 0.143. The summed E-state index contributed by atoms with van der Waals surface area (Å²) in [5, 5.41) is 3.23. The fourth-order valence-corrected chi connectivity index (χ4v) is 7.94. The van der Waals surface area contributed by atoms with Crippen molar-refractivity contribution in [3.63, 3.8) is 0 Å². The second-order valence-electron chi connectivity index (χ2n) is 16.2. The van der Waals surface area contributed by atoms with Crippen LogP contribution in [0.5, 0.6) is 0 Å². The first-order chi connectivity index (χ1) is 30.1. The van der Waals surface area contributed by atoms with E-state index < -0.39 is 11.8 Å². The monoisotopic (exact) mass is 842 g/mol. The Hall–Kier alpha value is -5.66. The number of Topliss-reactive ketones (excluding diaryl/α,β-unsaturated/α-hetero) is 4.